The van der Waals surface area contributed by atoms with Crippen molar-refractivity contribution >= 4 is 12.2 Å². The van der Waals surface area contributed by atoms with Crippen LogP contribution in [0, 0.1) is 5.41 Å². The molecule has 56 valence electrons. The number of allylic oxidation sites excluding steroid dienone is 1. The first kappa shape index (κ1) is 8.68. The fourth-order valence-corrected chi connectivity index (χ4v) is 0.401. The van der Waals surface area contributed by atoms with Gasteiger partial charge in [0.25, 0.3) is 0 Å². The van der Waals surface area contributed by atoms with Gasteiger partial charge >= 0.3 is 0 Å². The molecule has 0 atom stereocenters. The van der Waals surface area contributed by atoms with Crippen LogP contribution in [0.2, 0.25) is 0 Å². The van der Waals surface area contributed by atoms with Gasteiger partial charge in [-0.1, -0.05) is 0 Å². The molecule has 4 nitrogen and oxygen atoms in total. The Hall–Kier alpha value is -1.32. The van der Waals surface area contributed by atoms with Crippen LogP contribution >= 0.6 is 0 Å². The van der Waals surface area contributed by atoms with Crippen molar-refractivity contribution in [3.63, 3.8) is 0 Å². The first-order valence-corrected chi connectivity index (χ1v) is 2.82. The van der Waals surface area contributed by atoms with Crippen LogP contribution in [0.25, 0.3) is 0 Å². The van der Waals surface area contributed by atoms with Gasteiger partial charge in [-0.15, -0.1) is 0 Å². The van der Waals surface area contributed by atoms with Gasteiger partial charge in [0.1, 0.15) is 0 Å². The molecular formula is C6H11N3O. The molecule has 0 rings (SSSR count). The zero-order chi connectivity index (χ0) is 8.15. The molecule has 0 heterocycles. The van der Waals surface area contributed by atoms with E-state index >= 15 is 0 Å². The summed E-state index contributed by atoms with van der Waals surface area (Å²) in [5.74, 6) is -0.466. The van der Waals surface area contributed by atoms with Gasteiger partial charge in [0.2, 0.25) is 5.91 Å². The van der Waals surface area contributed by atoms with Crippen LogP contribution in [0.5, 0.6) is 0 Å². The summed E-state index contributed by atoms with van der Waals surface area (Å²) in [6.07, 6.45) is 1.00. The highest BCUT2D eigenvalue weighted by Gasteiger charge is 2.00. The average Bonchev–Trinajstić information content (AvgIpc) is 1.87. The highest BCUT2D eigenvalue weighted by atomic mass is 16.1. The van der Waals surface area contributed by atoms with E-state index in [4.69, 9.17) is 11.1 Å². The highest BCUT2D eigenvalue weighted by Crippen LogP contribution is 1.96. The van der Waals surface area contributed by atoms with E-state index in [9.17, 15) is 4.79 Å². The van der Waals surface area contributed by atoms with Gasteiger partial charge in [-0.3, -0.25) is 10.2 Å². The van der Waals surface area contributed by atoms with Gasteiger partial charge < -0.3 is 11.1 Å². The van der Waals surface area contributed by atoms with E-state index in [-0.39, 0.29) is 0 Å². The van der Waals surface area contributed by atoms with Crippen LogP contribution in [0.4, 0.5) is 0 Å². The van der Waals surface area contributed by atoms with Crippen molar-refractivity contribution in [3.8, 4) is 0 Å². The topological polar surface area (TPSA) is 79.0 Å². The SMILES string of the molecule is C/C(NC=N)=C(/C)C(N)=O. The second-order valence-electron chi connectivity index (χ2n) is 1.90. The Morgan fingerprint density at radius 2 is 2.10 bits per heavy atom. The Labute approximate surface area is 59.6 Å². The third-order valence-electron chi connectivity index (χ3n) is 1.22. The monoisotopic (exact) mass is 141 g/mol. The van der Waals surface area contributed by atoms with Gasteiger partial charge in [0.15, 0.2) is 0 Å². The predicted molar refractivity (Wildman–Crippen MR) is 39.5 cm³/mol. The summed E-state index contributed by atoms with van der Waals surface area (Å²) in [5.41, 5.74) is 6.02. The number of nitrogens with two attached hydrogens (primary N) is 1. The van der Waals surface area contributed by atoms with E-state index in [1.165, 1.54) is 0 Å². The van der Waals surface area contributed by atoms with Crippen molar-refractivity contribution in [2.45, 2.75) is 13.8 Å². The number of hydrogen-bond donors (Lipinski definition) is 3. The third-order valence-corrected chi connectivity index (χ3v) is 1.22. The zero-order valence-electron chi connectivity index (χ0n) is 6.06. The number of carbonyl (C=O) groups excluding carboxylic acids is 1. The smallest absolute Gasteiger partial charge is 0.246 e. The first-order chi connectivity index (χ1) is 4.59. The molecule has 0 aromatic carbocycles. The molecule has 4 heteroatoms. The molecule has 0 saturated carbocycles. The predicted octanol–water partition coefficient (Wildman–Crippen LogP) is -0.0377. The lowest BCUT2D eigenvalue weighted by molar-refractivity contribution is -0.114. The van der Waals surface area contributed by atoms with E-state index in [1.54, 1.807) is 13.8 Å². The Morgan fingerprint density at radius 3 is 2.40 bits per heavy atom. The van der Waals surface area contributed by atoms with Crippen LogP contribution < -0.4 is 11.1 Å². The minimum atomic E-state index is -0.466. The second-order valence-corrected chi connectivity index (χ2v) is 1.90. The molecule has 10 heavy (non-hydrogen) atoms. The van der Waals surface area contributed by atoms with Gasteiger partial charge in [-0.2, -0.15) is 0 Å². The Morgan fingerprint density at radius 1 is 1.60 bits per heavy atom. The summed E-state index contributed by atoms with van der Waals surface area (Å²) in [7, 11) is 0. The normalized spacial score (nSPS) is 11.8. The number of amides is 1. The fourth-order valence-electron chi connectivity index (χ4n) is 0.401. The van der Waals surface area contributed by atoms with Gasteiger partial charge in [0.05, 0.1) is 6.34 Å². The van der Waals surface area contributed by atoms with Crippen LogP contribution in [-0.2, 0) is 4.79 Å². The Kier molecular flexibility index (Phi) is 3.17. The maximum absolute atomic E-state index is 10.5. The van der Waals surface area contributed by atoms with E-state index in [2.05, 4.69) is 5.32 Å². The Balaban J connectivity index is 4.33. The summed E-state index contributed by atoms with van der Waals surface area (Å²) in [6, 6.07) is 0. The highest BCUT2D eigenvalue weighted by molar-refractivity contribution is 5.92. The van der Waals surface area contributed by atoms with Gasteiger partial charge in [-0.05, 0) is 13.8 Å². The summed E-state index contributed by atoms with van der Waals surface area (Å²) in [4.78, 5) is 10.5. The molecule has 0 aliphatic carbocycles. The van der Waals surface area contributed by atoms with Crippen LogP contribution in [0.15, 0.2) is 11.3 Å². The molecule has 0 aromatic rings. The number of nitrogens with one attached hydrogen (secondary N) is 2. The van der Waals surface area contributed by atoms with E-state index < -0.39 is 5.91 Å². The number of primary amides is 1. The average molecular weight is 141 g/mol. The third kappa shape index (κ3) is 2.30. The van der Waals surface area contributed by atoms with Gasteiger partial charge in [0, 0.05) is 11.3 Å². The molecule has 0 bridgehead atoms. The molecule has 0 fully saturated rings. The van der Waals surface area contributed by atoms with Crippen molar-refractivity contribution < 1.29 is 4.79 Å². The maximum atomic E-state index is 10.5. The van der Waals surface area contributed by atoms with Crippen LogP contribution in [-0.4, -0.2) is 12.2 Å². The lowest BCUT2D eigenvalue weighted by atomic mass is 10.2. The standard InChI is InChI=1S/C6H11N3O/c1-4(6(8)10)5(2)9-3-7/h3H,1-2H3,(H2,7,9)(H2,8,10)/b5-4+. The van der Waals surface area contributed by atoms with Crippen molar-refractivity contribution in [1.82, 2.24) is 5.32 Å². The quantitative estimate of drug-likeness (QED) is 0.293. The summed E-state index contributed by atoms with van der Waals surface area (Å²) in [6.45, 7) is 3.29. The van der Waals surface area contributed by atoms with Crippen molar-refractivity contribution in [2.24, 2.45) is 5.73 Å². The minimum Gasteiger partial charge on any atom is -0.366 e. The van der Waals surface area contributed by atoms with Crippen LogP contribution in [0.1, 0.15) is 13.8 Å². The molecule has 4 N–H and O–H groups in total. The molecular weight excluding hydrogens is 130 g/mol. The summed E-state index contributed by atoms with van der Waals surface area (Å²) < 4.78 is 0. The Bertz CT molecular complexity index is 183. The van der Waals surface area contributed by atoms with Gasteiger partial charge in [-0.25, -0.2) is 0 Å². The number of rotatable bonds is 3. The summed E-state index contributed by atoms with van der Waals surface area (Å²) >= 11 is 0. The van der Waals surface area contributed by atoms with Crippen molar-refractivity contribution in [1.29, 1.82) is 5.41 Å². The number of carbonyl (C=O) groups is 1. The minimum absolute atomic E-state index is 0.448. The first-order valence-electron chi connectivity index (χ1n) is 2.82. The molecule has 0 spiro atoms. The molecule has 0 aliphatic rings. The fraction of sp³-hybridized carbons (Fsp3) is 0.333. The van der Waals surface area contributed by atoms with Crippen molar-refractivity contribution in [2.75, 3.05) is 0 Å². The second kappa shape index (κ2) is 3.66. The molecule has 0 unspecified atom stereocenters. The molecule has 0 aliphatic heterocycles. The lowest BCUT2D eigenvalue weighted by Crippen LogP contribution is -2.18. The molecule has 0 saturated heterocycles. The van der Waals surface area contributed by atoms with E-state index in [0.717, 1.165) is 6.34 Å². The van der Waals surface area contributed by atoms with Crippen molar-refractivity contribution in [3.05, 3.63) is 11.3 Å². The van der Waals surface area contributed by atoms with E-state index in [1.807, 2.05) is 0 Å². The van der Waals surface area contributed by atoms with Crippen LogP contribution in [0.3, 0.4) is 0 Å². The molecule has 1 amide bonds. The largest absolute Gasteiger partial charge is 0.366 e. The maximum Gasteiger partial charge on any atom is 0.246 e. The lowest BCUT2D eigenvalue weighted by Gasteiger charge is -2.01. The molecule has 0 aromatic heterocycles. The zero-order valence-corrected chi connectivity index (χ0v) is 6.06. The van der Waals surface area contributed by atoms with E-state index in [0.29, 0.717) is 11.3 Å². The number of hydrogen-bond acceptors (Lipinski definition) is 2. The summed E-state index contributed by atoms with van der Waals surface area (Å²) in [5, 5.41) is 9.19. The molecule has 0 radical (unpaired) electrons.